The lowest BCUT2D eigenvalue weighted by Crippen LogP contribution is -2.41. The number of benzene rings is 1. The average molecular weight is 496 g/mol. The minimum atomic E-state index is -4.59. The van der Waals surface area contributed by atoms with E-state index in [0.29, 0.717) is 11.3 Å². The predicted molar refractivity (Wildman–Crippen MR) is 121 cm³/mol. The number of ether oxygens (including phenoxy) is 1. The van der Waals surface area contributed by atoms with Crippen LogP contribution < -0.4 is 15.4 Å². The van der Waals surface area contributed by atoms with Gasteiger partial charge in [0, 0.05) is 26.9 Å². The van der Waals surface area contributed by atoms with Gasteiger partial charge in [-0.15, -0.1) is 0 Å². The highest BCUT2D eigenvalue weighted by Gasteiger charge is 2.31. The number of nitrogens with two attached hydrogens (primary N) is 1. The first-order valence-electron chi connectivity index (χ1n) is 9.85. The Labute approximate surface area is 195 Å². The van der Waals surface area contributed by atoms with Crippen LogP contribution in [0.2, 0.25) is 0 Å². The van der Waals surface area contributed by atoms with Gasteiger partial charge in [-0.1, -0.05) is 12.1 Å². The molecule has 5 N–H and O–H groups in total. The summed E-state index contributed by atoms with van der Waals surface area (Å²) < 4.78 is 37.2. The van der Waals surface area contributed by atoms with Crippen LogP contribution in [0.4, 0.5) is 11.5 Å². The lowest BCUT2D eigenvalue weighted by atomic mass is 10.2. The van der Waals surface area contributed by atoms with Gasteiger partial charge in [0.05, 0.1) is 18.5 Å². The van der Waals surface area contributed by atoms with E-state index in [2.05, 4.69) is 15.0 Å². The van der Waals surface area contributed by atoms with Crippen LogP contribution in [0.25, 0.3) is 11.2 Å². The van der Waals surface area contributed by atoms with E-state index in [-0.39, 0.29) is 16.9 Å². The molecule has 1 amide bonds. The van der Waals surface area contributed by atoms with Crippen molar-refractivity contribution in [2.24, 2.45) is 0 Å². The minimum absolute atomic E-state index is 0.0560. The summed E-state index contributed by atoms with van der Waals surface area (Å²) in [5.41, 5.74) is 6.32. The fourth-order valence-electron chi connectivity index (χ4n) is 3.08. The second kappa shape index (κ2) is 10.3. The number of methoxy groups -OCH3 is 1. The second-order valence-electron chi connectivity index (χ2n) is 7.35. The fraction of sp³-hybridized carbons (Fsp3) is 0.368. The summed E-state index contributed by atoms with van der Waals surface area (Å²) in [6.45, 7) is -0.716. The Morgan fingerprint density at radius 2 is 1.94 bits per heavy atom. The maximum absolute atomic E-state index is 12.2. The van der Waals surface area contributed by atoms with E-state index in [0.717, 1.165) is 0 Å². The van der Waals surface area contributed by atoms with Crippen LogP contribution in [0.15, 0.2) is 36.9 Å². The van der Waals surface area contributed by atoms with Crippen molar-refractivity contribution in [2.45, 2.75) is 18.4 Å². The Bertz CT molecular complexity index is 1260. The Kier molecular flexibility index (Phi) is 7.63. The third kappa shape index (κ3) is 5.40. The molecule has 15 heteroatoms. The van der Waals surface area contributed by atoms with Gasteiger partial charge in [0.25, 0.3) is 5.91 Å². The summed E-state index contributed by atoms with van der Waals surface area (Å²) in [7, 11) is 0.125. The number of hydrogen-bond acceptors (Lipinski definition) is 12. The first kappa shape index (κ1) is 25.3. The molecular weight excluding hydrogens is 470 g/mol. The van der Waals surface area contributed by atoms with Gasteiger partial charge in [0.15, 0.2) is 23.2 Å². The molecule has 184 valence electrons. The summed E-state index contributed by atoms with van der Waals surface area (Å²) in [6, 6.07) is 5.89. The second-order valence-corrected chi connectivity index (χ2v) is 8.70. The molecule has 3 rings (SSSR count). The number of nitrogens with one attached hydrogen (secondary N) is 1. The van der Waals surface area contributed by atoms with E-state index in [1.54, 1.807) is 29.8 Å². The Balaban J connectivity index is 1.70. The van der Waals surface area contributed by atoms with Gasteiger partial charge in [0.1, 0.15) is 18.5 Å². The molecule has 2 aromatic heterocycles. The van der Waals surface area contributed by atoms with Crippen LogP contribution in [-0.2, 0) is 19.2 Å². The highest BCUT2D eigenvalue weighted by Crippen LogP contribution is 2.24. The number of carbonyl (C=O) groups is 1. The minimum Gasteiger partial charge on any atom is -0.398 e. The van der Waals surface area contributed by atoms with Crippen molar-refractivity contribution in [1.82, 2.24) is 24.2 Å². The highest BCUT2D eigenvalue weighted by molar-refractivity contribution is 7.85. The first-order valence-corrected chi connectivity index (χ1v) is 11.3. The zero-order valence-corrected chi connectivity index (χ0v) is 19.4. The molecular formula is C19H25N7O7S. The van der Waals surface area contributed by atoms with Crippen LogP contribution >= 0.6 is 0 Å². The van der Waals surface area contributed by atoms with Crippen molar-refractivity contribution < 1.29 is 32.3 Å². The molecule has 34 heavy (non-hydrogen) atoms. The Morgan fingerprint density at radius 1 is 1.24 bits per heavy atom. The molecule has 1 aromatic carbocycles. The van der Waals surface area contributed by atoms with Gasteiger partial charge in [-0.2, -0.15) is 8.42 Å². The number of nitrogens with zero attached hydrogens (tertiary/aromatic N) is 5. The molecule has 0 aliphatic heterocycles. The molecule has 0 saturated heterocycles. The zero-order valence-electron chi connectivity index (χ0n) is 18.6. The van der Waals surface area contributed by atoms with E-state index in [9.17, 15) is 23.4 Å². The van der Waals surface area contributed by atoms with Crippen molar-refractivity contribution in [3.63, 3.8) is 0 Å². The fourth-order valence-corrected chi connectivity index (χ4v) is 3.79. The summed E-state index contributed by atoms with van der Waals surface area (Å²) in [4.78, 5) is 26.3. The Hall–Kier alpha value is -3.37. The highest BCUT2D eigenvalue weighted by atomic mass is 32.2. The van der Waals surface area contributed by atoms with E-state index in [1.165, 1.54) is 42.5 Å². The zero-order chi connectivity index (χ0) is 25.0. The maximum atomic E-state index is 12.2. The van der Waals surface area contributed by atoms with Gasteiger partial charge in [-0.25, -0.2) is 19.7 Å². The number of rotatable bonds is 10. The number of hydrogen-bond donors (Lipinski definition) is 4. The number of fused-ring (bicyclic) bond motifs is 1. The molecule has 0 radical (unpaired) electrons. The molecule has 0 aliphatic rings. The lowest BCUT2D eigenvalue weighted by Gasteiger charge is -2.26. The van der Waals surface area contributed by atoms with Gasteiger partial charge in [0.2, 0.25) is 0 Å². The summed E-state index contributed by atoms with van der Waals surface area (Å²) in [5, 5.41) is 21.3. The number of aliphatic hydroxyl groups is 2. The normalized spacial score (nSPS) is 14.5. The number of para-hydroxylation sites is 1. The number of imidazole rings is 1. The number of aliphatic hydroxyl groups excluding tert-OH is 2. The standard InChI is InChI=1S/C19H25N7O7S/c1-25(2)16-14-17(22-9-21-16)26(10-23-14)19(29)15(27)13(32-3)8-33-34(30,31)24-18(28)11-6-4-5-7-12(11)20/h4-7,9-10,13,15,19,27,29H,8,20H2,1-3H3,(H,24,28)/t13-,15-,19-/m1/s1. The van der Waals surface area contributed by atoms with Crippen LogP contribution in [0.1, 0.15) is 16.6 Å². The smallest absolute Gasteiger partial charge is 0.362 e. The molecule has 0 saturated carbocycles. The van der Waals surface area contributed by atoms with E-state index in [1.807, 2.05) is 0 Å². The monoisotopic (exact) mass is 495 g/mol. The quantitative estimate of drug-likeness (QED) is 0.252. The van der Waals surface area contributed by atoms with Crippen molar-refractivity contribution in [2.75, 3.05) is 38.4 Å². The molecule has 3 atom stereocenters. The third-order valence-electron chi connectivity index (χ3n) is 4.85. The topological polar surface area (TPSA) is 195 Å². The van der Waals surface area contributed by atoms with E-state index >= 15 is 0 Å². The molecule has 2 heterocycles. The lowest BCUT2D eigenvalue weighted by molar-refractivity contribution is -0.112. The molecule has 0 bridgehead atoms. The molecule has 0 aliphatic carbocycles. The number of carbonyl (C=O) groups excluding carboxylic acids is 1. The van der Waals surface area contributed by atoms with Crippen molar-refractivity contribution >= 4 is 38.9 Å². The average Bonchev–Trinajstić information content (AvgIpc) is 3.22. The Morgan fingerprint density at radius 3 is 2.59 bits per heavy atom. The van der Waals surface area contributed by atoms with Crippen LogP contribution in [0.5, 0.6) is 0 Å². The molecule has 0 unspecified atom stereocenters. The molecule has 14 nitrogen and oxygen atoms in total. The number of anilines is 2. The maximum Gasteiger partial charge on any atom is 0.362 e. The van der Waals surface area contributed by atoms with Gasteiger partial charge in [-0.05, 0) is 12.1 Å². The van der Waals surface area contributed by atoms with Gasteiger partial charge >= 0.3 is 10.3 Å². The summed E-state index contributed by atoms with van der Waals surface area (Å²) >= 11 is 0. The van der Waals surface area contributed by atoms with Crippen molar-refractivity contribution in [1.29, 1.82) is 0 Å². The molecule has 0 spiro atoms. The SMILES string of the molecule is CO[C@H](COS(=O)(=O)NC(=O)c1ccccc1N)[C@@H](O)[C@@H](O)n1cnc2c(N(C)C)ncnc21. The summed E-state index contributed by atoms with van der Waals surface area (Å²) in [5.74, 6) is -0.494. The first-order chi connectivity index (χ1) is 16.1. The molecule has 3 aromatic rings. The van der Waals surface area contributed by atoms with E-state index in [4.69, 9.17) is 14.7 Å². The van der Waals surface area contributed by atoms with Crippen LogP contribution in [0, 0.1) is 0 Å². The number of amides is 1. The number of nitrogen functional groups attached to an aromatic ring is 1. The van der Waals surface area contributed by atoms with E-state index < -0.39 is 41.3 Å². The van der Waals surface area contributed by atoms with Gasteiger partial charge < -0.3 is 25.6 Å². The predicted octanol–water partition coefficient (Wildman–Crippen LogP) is -0.967. The van der Waals surface area contributed by atoms with Gasteiger partial charge in [-0.3, -0.25) is 13.5 Å². The van der Waals surface area contributed by atoms with Crippen LogP contribution in [0.3, 0.4) is 0 Å². The molecule has 0 fully saturated rings. The third-order valence-corrected chi connectivity index (χ3v) is 5.73. The number of aromatic nitrogens is 4. The van der Waals surface area contributed by atoms with Crippen molar-refractivity contribution in [3.05, 3.63) is 42.5 Å². The van der Waals surface area contributed by atoms with Crippen molar-refractivity contribution in [3.8, 4) is 0 Å². The van der Waals surface area contributed by atoms with Crippen LogP contribution in [-0.4, -0.2) is 84.1 Å². The largest absolute Gasteiger partial charge is 0.398 e. The summed E-state index contributed by atoms with van der Waals surface area (Å²) in [6.07, 6.45) is -2.05.